The summed E-state index contributed by atoms with van der Waals surface area (Å²) in [5.74, 6) is 0.00210. The van der Waals surface area contributed by atoms with Gasteiger partial charge in [0.05, 0.1) is 5.56 Å². The van der Waals surface area contributed by atoms with Crippen LogP contribution in [0.4, 0.5) is 0 Å². The topological polar surface area (TPSA) is 32.3 Å². The van der Waals surface area contributed by atoms with Gasteiger partial charge in [0.25, 0.3) is 5.91 Å². The number of nitrogens with zero attached hydrogens (tertiary/aromatic N) is 1. The first-order chi connectivity index (χ1) is 9.06. The Balaban J connectivity index is 1.94. The third kappa shape index (κ3) is 4.05. The summed E-state index contributed by atoms with van der Waals surface area (Å²) in [6, 6.07) is 6.02. The lowest BCUT2D eigenvalue weighted by molar-refractivity contribution is 0.0931. The molecule has 1 N–H and O–H groups in total. The van der Waals surface area contributed by atoms with E-state index in [0.717, 1.165) is 29.7 Å². The molecule has 1 aliphatic rings. The van der Waals surface area contributed by atoms with Gasteiger partial charge in [-0.1, -0.05) is 11.6 Å². The molecule has 1 aromatic rings. The minimum Gasteiger partial charge on any atom is -0.348 e. The third-order valence-corrected chi connectivity index (χ3v) is 4.17. The smallest absolute Gasteiger partial charge is 0.252 e. The van der Waals surface area contributed by atoms with Crippen LogP contribution < -0.4 is 5.32 Å². The molecule has 104 valence electrons. The summed E-state index contributed by atoms with van der Waals surface area (Å²) in [6.45, 7) is 7.33. The molecule has 4 heteroatoms. The molecule has 0 aliphatic carbocycles. The summed E-state index contributed by atoms with van der Waals surface area (Å²) in [6.07, 6.45) is 2.56. The molecule has 1 heterocycles. The predicted molar refractivity (Wildman–Crippen MR) is 81.5 cm³/mol. The highest BCUT2D eigenvalue weighted by Gasteiger charge is 2.17. The van der Waals surface area contributed by atoms with E-state index in [1.807, 2.05) is 25.1 Å². The van der Waals surface area contributed by atoms with Crippen molar-refractivity contribution in [2.75, 3.05) is 19.6 Å². The molecule has 1 fully saturated rings. The zero-order valence-electron chi connectivity index (χ0n) is 11.6. The lowest BCUT2D eigenvalue weighted by Gasteiger charge is -2.21. The van der Waals surface area contributed by atoms with Gasteiger partial charge in [0.15, 0.2) is 0 Å². The Labute approximate surface area is 123 Å². The molecule has 0 spiro atoms. The van der Waals surface area contributed by atoms with Crippen LogP contribution in [0.15, 0.2) is 22.7 Å². The standard InChI is InChI=1S/C15H21BrN2O/c1-11-5-6-14(16)13(9-11)15(19)17-12(2)10-18-7-3-4-8-18/h5-6,9,12H,3-4,7-8,10H2,1-2H3,(H,17,19). The van der Waals surface area contributed by atoms with Crippen molar-refractivity contribution in [3.05, 3.63) is 33.8 Å². The van der Waals surface area contributed by atoms with E-state index in [1.165, 1.54) is 12.8 Å². The third-order valence-electron chi connectivity index (χ3n) is 3.47. The van der Waals surface area contributed by atoms with Crippen LogP contribution in [0.2, 0.25) is 0 Å². The molecule has 3 nitrogen and oxygen atoms in total. The molecule has 0 radical (unpaired) electrons. The van der Waals surface area contributed by atoms with E-state index < -0.39 is 0 Å². The number of nitrogens with one attached hydrogen (secondary N) is 1. The van der Waals surface area contributed by atoms with Crippen molar-refractivity contribution in [1.82, 2.24) is 10.2 Å². The Hall–Kier alpha value is -0.870. The van der Waals surface area contributed by atoms with Gasteiger partial charge in [-0.25, -0.2) is 0 Å². The molecule has 1 saturated heterocycles. The largest absolute Gasteiger partial charge is 0.348 e. The lowest BCUT2D eigenvalue weighted by Crippen LogP contribution is -2.41. The van der Waals surface area contributed by atoms with Gasteiger partial charge in [-0.3, -0.25) is 4.79 Å². The highest BCUT2D eigenvalue weighted by molar-refractivity contribution is 9.10. The molecule has 1 aromatic carbocycles. The van der Waals surface area contributed by atoms with Crippen molar-refractivity contribution < 1.29 is 4.79 Å². The second-order valence-electron chi connectivity index (χ2n) is 5.37. The summed E-state index contributed by atoms with van der Waals surface area (Å²) in [5, 5.41) is 3.08. The minimum atomic E-state index is 0.00210. The maximum absolute atomic E-state index is 12.2. The molecular formula is C15H21BrN2O. The predicted octanol–water partition coefficient (Wildman–Crippen LogP) is 2.97. The molecule has 1 atom stereocenters. The van der Waals surface area contributed by atoms with Gasteiger partial charge < -0.3 is 10.2 Å². The first kappa shape index (κ1) is 14.5. The van der Waals surface area contributed by atoms with Gasteiger partial charge in [-0.05, 0) is 67.8 Å². The van der Waals surface area contributed by atoms with E-state index in [0.29, 0.717) is 5.56 Å². The number of rotatable bonds is 4. The zero-order valence-corrected chi connectivity index (χ0v) is 13.2. The van der Waals surface area contributed by atoms with Gasteiger partial charge in [0, 0.05) is 17.1 Å². The number of carbonyl (C=O) groups is 1. The van der Waals surface area contributed by atoms with Crippen molar-refractivity contribution in [2.24, 2.45) is 0 Å². The van der Waals surface area contributed by atoms with E-state index in [4.69, 9.17) is 0 Å². The fraction of sp³-hybridized carbons (Fsp3) is 0.533. The molecule has 1 unspecified atom stereocenters. The van der Waals surface area contributed by atoms with Crippen LogP contribution in [-0.2, 0) is 0 Å². The number of likely N-dealkylation sites (tertiary alicyclic amines) is 1. The second-order valence-corrected chi connectivity index (χ2v) is 6.22. The summed E-state index contributed by atoms with van der Waals surface area (Å²) in [5.41, 5.74) is 1.81. The quantitative estimate of drug-likeness (QED) is 0.923. The van der Waals surface area contributed by atoms with E-state index in [9.17, 15) is 4.79 Å². The van der Waals surface area contributed by atoms with E-state index >= 15 is 0 Å². The van der Waals surface area contributed by atoms with Crippen LogP contribution in [0, 0.1) is 6.92 Å². The molecule has 2 rings (SSSR count). The SMILES string of the molecule is Cc1ccc(Br)c(C(=O)NC(C)CN2CCCC2)c1. The van der Waals surface area contributed by atoms with Crippen molar-refractivity contribution in [2.45, 2.75) is 32.7 Å². The second kappa shape index (κ2) is 6.53. The van der Waals surface area contributed by atoms with E-state index in [1.54, 1.807) is 0 Å². The van der Waals surface area contributed by atoms with Gasteiger partial charge in [0.1, 0.15) is 0 Å². The van der Waals surface area contributed by atoms with Crippen LogP contribution in [0.3, 0.4) is 0 Å². The minimum absolute atomic E-state index is 0.00210. The van der Waals surface area contributed by atoms with Gasteiger partial charge >= 0.3 is 0 Å². The van der Waals surface area contributed by atoms with Crippen LogP contribution >= 0.6 is 15.9 Å². The number of halogens is 1. The fourth-order valence-electron chi connectivity index (χ4n) is 2.51. The van der Waals surface area contributed by atoms with E-state index in [2.05, 4.69) is 33.1 Å². The summed E-state index contributed by atoms with van der Waals surface area (Å²) in [4.78, 5) is 14.7. The summed E-state index contributed by atoms with van der Waals surface area (Å²) < 4.78 is 0.851. The summed E-state index contributed by atoms with van der Waals surface area (Å²) >= 11 is 3.44. The van der Waals surface area contributed by atoms with Crippen molar-refractivity contribution in [3.63, 3.8) is 0 Å². The number of hydrogen-bond donors (Lipinski definition) is 1. The Kier molecular flexibility index (Phi) is 4.99. The summed E-state index contributed by atoms with van der Waals surface area (Å²) in [7, 11) is 0. The molecule has 1 amide bonds. The maximum atomic E-state index is 12.2. The van der Waals surface area contributed by atoms with Gasteiger partial charge in [-0.15, -0.1) is 0 Å². The Morgan fingerprint density at radius 3 is 2.79 bits per heavy atom. The first-order valence-electron chi connectivity index (χ1n) is 6.85. The highest BCUT2D eigenvalue weighted by atomic mass is 79.9. The highest BCUT2D eigenvalue weighted by Crippen LogP contribution is 2.18. The maximum Gasteiger partial charge on any atom is 0.252 e. The first-order valence-corrected chi connectivity index (χ1v) is 7.65. The van der Waals surface area contributed by atoms with Gasteiger partial charge in [-0.2, -0.15) is 0 Å². The Morgan fingerprint density at radius 1 is 1.42 bits per heavy atom. The monoisotopic (exact) mass is 324 g/mol. The zero-order chi connectivity index (χ0) is 13.8. The molecule has 19 heavy (non-hydrogen) atoms. The normalized spacial score (nSPS) is 17.4. The Morgan fingerprint density at radius 2 is 2.11 bits per heavy atom. The number of aryl methyl sites for hydroxylation is 1. The lowest BCUT2D eigenvalue weighted by atomic mass is 10.1. The number of amides is 1. The Bertz CT molecular complexity index is 455. The molecular weight excluding hydrogens is 304 g/mol. The molecule has 0 bridgehead atoms. The molecule has 0 saturated carbocycles. The number of benzene rings is 1. The number of hydrogen-bond acceptors (Lipinski definition) is 2. The van der Waals surface area contributed by atoms with E-state index in [-0.39, 0.29) is 11.9 Å². The average Bonchev–Trinajstić information content (AvgIpc) is 2.84. The van der Waals surface area contributed by atoms with Crippen LogP contribution in [0.5, 0.6) is 0 Å². The number of carbonyl (C=O) groups excluding carboxylic acids is 1. The van der Waals surface area contributed by atoms with Crippen LogP contribution in [0.1, 0.15) is 35.7 Å². The van der Waals surface area contributed by atoms with Gasteiger partial charge in [0.2, 0.25) is 0 Å². The molecule has 0 aromatic heterocycles. The van der Waals surface area contributed by atoms with Crippen LogP contribution in [0.25, 0.3) is 0 Å². The fourth-order valence-corrected chi connectivity index (χ4v) is 2.94. The van der Waals surface area contributed by atoms with Crippen molar-refractivity contribution in [1.29, 1.82) is 0 Å². The van der Waals surface area contributed by atoms with Crippen LogP contribution in [-0.4, -0.2) is 36.5 Å². The molecule has 1 aliphatic heterocycles. The van der Waals surface area contributed by atoms with Crippen molar-refractivity contribution >= 4 is 21.8 Å². The average molecular weight is 325 g/mol. The van der Waals surface area contributed by atoms with Crippen molar-refractivity contribution in [3.8, 4) is 0 Å².